The smallest absolute Gasteiger partial charge is 0.180 e. The van der Waals surface area contributed by atoms with Crippen LogP contribution in [0.5, 0.6) is 5.75 Å². The van der Waals surface area contributed by atoms with E-state index in [2.05, 4.69) is 25.3 Å². The molecule has 1 saturated heterocycles. The van der Waals surface area contributed by atoms with Gasteiger partial charge in [0.05, 0.1) is 19.0 Å². The summed E-state index contributed by atoms with van der Waals surface area (Å²) in [7, 11) is 1.69. The van der Waals surface area contributed by atoms with Gasteiger partial charge in [0, 0.05) is 50.2 Å². The third kappa shape index (κ3) is 2.94. The molecule has 0 bridgehead atoms. The number of rotatable bonds is 4. The number of imidazole rings is 1. The van der Waals surface area contributed by atoms with E-state index in [4.69, 9.17) is 9.72 Å². The molecule has 27 heavy (non-hydrogen) atoms. The summed E-state index contributed by atoms with van der Waals surface area (Å²) in [5.74, 6) is 1.84. The fraction of sp³-hybridized carbons (Fsp3) is 0.429. The zero-order valence-corrected chi connectivity index (χ0v) is 15.7. The number of hydrogen-bond acceptors (Lipinski definition) is 5. The van der Waals surface area contributed by atoms with Gasteiger partial charge in [0.1, 0.15) is 5.75 Å². The molecule has 0 amide bonds. The number of fused-ring (bicyclic) bond motifs is 1. The second-order valence-electron chi connectivity index (χ2n) is 7.43. The van der Waals surface area contributed by atoms with Crippen LogP contribution in [0.3, 0.4) is 0 Å². The Morgan fingerprint density at radius 3 is 2.67 bits per heavy atom. The zero-order chi connectivity index (χ0) is 18.2. The molecule has 1 aromatic carbocycles. The zero-order valence-electron chi connectivity index (χ0n) is 15.7. The van der Waals surface area contributed by atoms with E-state index in [9.17, 15) is 0 Å². The van der Waals surface area contributed by atoms with Crippen molar-refractivity contribution in [2.45, 2.75) is 25.3 Å². The van der Waals surface area contributed by atoms with Crippen molar-refractivity contribution < 1.29 is 4.74 Å². The average Bonchev–Trinajstić information content (AvgIpc) is 3.12. The van der Waals surface area contributed by atoms with Gasteiger partial charge in [-0.3, -0.25) is 9.30 Å². The van der Waals surface area contributed by atoms with Crippen molar-refractivity contribution in [2.75, 3.05) is 38.2 Å². The molecule has 6 nitrogen and oxygen atoms in total. The Hall–Kier alpha value is -2.60. The molecule has 0 spiro atoms. The summed E-state index contributed by atoms with van der Waals surface area (Å²) >= 11 is 0. The molecule has 2 aliphatic rings. The van der Waals surface area contributed by atoms with E-state index in [-0.39, 0.29) is 0 Å². The lowest BCUT2D eigenvalue weighted by Gasteiger charge is -2.43. The van der Waals surface area contributed by atoms with Gasteiger partial charge in [-0.25, -0.2) is 9.97 Å². The van der Waals surface area contributed by atoms with Gasteiger partial charge in [-0.05, 0) is 25.0 Å². The molecule has 2 fully saturated rings. The van der Waals surface area contributed by atoms with Crippen molar-refractivity contribution in [3.63, 3.8) is 0 Å². The van der Waals surface area contributed by atoms with E-state index >= 15 is 0 Å². The molecule has 6 heteroatoms. The largest absolute Gasteiger partial charge is 0.497 e. The molecule has 5 rings (SSSR count). The minimum Gasteiger partial charge on any atom is -0.497 e. The summed E-state index contributed by atoms with van der Waals surface area (Å²) in [5.41, 5.74) is 3.07. The van der Waals surface area contributed by atoms with E-state index in [1.165, 1.54) is 19.3 Å². The first-order valence-electron chi connectivity index (χ1n) is 9.79. The Balaban J connectivity index is 1.44. The van der Waals surface area contributed by atoms with Gasteiger partial charge in [0.25, 0.3) is 0 Å². The highest BCUT2D eigenvalue weighted by Crippen LogP contribution is 2.29. The molecule has 140 valence electrons. The molecule has 0 unspecified atom stereocenters. The minimum atomic E-state index is 0.821. The molecule has 3 heterocycles. The van der Waals surface area contributed by atoms with E-state index in [0.29, 0.717) is 0 Å². The van der Waals surface area contributed by atoms with Crippen molar-refractivity contribution in [1.82, 2.24) is 19.3 Å². The molecule has 0 radical (unpaired) electrons. The summed E-state index contributed by atoms with van der Waals surface area (Å²) in [5, 5.41) is 0. The highest BCUT2D eigenvalue weighted by Gasteiger charge is 2.29. The van der Waals surface area contributed by atoms with Crippen molar-refractivity contribution in [3.8, 4) is 17.0 Å². The summed E-state index contributed by atoms with van der Waals surface area (Å²) < 4.78 is 7.51. The molecular weight excluding hydrogens is 338 g/mol. The average molecular weight is 363 g/mol. The Labute approximate surface area is 159 Å². The lowest BCUT2D eigenvalue weighted by molar-refractivity contribution is 0.120. The highest BCUT2D eigenvalue weighted by molar-refractivity contribution is 5.72. The number of benzene rings is 1. The van der Waals surface area contributed by atoms with Gasteiger partial charge in [-0.15, -0.1) is 0 Å². The van der Waals surface area contributed by atoms with Gasteiger partial charge in [-0.2, -0.15) is 0 Å². The van der Waals surface area contributed by atoms with Crippen LogP contribution in [0.25, 0.3) is 16.9 Å². The quantitative estimate of drug-likeness (QED) is 0.713. The number of nitrogens with zero attached hydrogens (tertiary/aromatic N) is 5. The maximum absolute atomic E-state index is 5.37. The first-order chi connectivity index (χ1) is 13.3. The van der Waals surface area contributed by atoms with E-state index < -0.39 is 0 Å². The third-order valence-electron chi connectivity index (χ3n) is 5.98. The van der Waals surface area contributed by atoms with Crippen LogP contribution in [0.2, 0.25) is 0 Å². The second-order valence-corrected chi connectivity index (χ2v) is 7.43. The van der Waals surface area contributed by atoms with Gasteiger partial charge in [0.2, 0.25) is 0 Å². The van der Waals surface area contributed by atoms with Crippen LogP contribution in [-0.2, 0) is 0 Å². The van der Waals surface area contributed by atoms with Crippen LogP contribution in [0.1, 0.15) is 19.3 Å². The van der Waals surface area contributed by atoms with E-state index in [1.54, 1.807) is 7.11 Å². The fourth-order valence-electron chi connectivity index (χ4n) is 4.18. The van der Waals surface area contributed by atoms with E-state index in [0.717, 1.165) is 60.7 Å². The predicted octanol–water partition coefficient (Wildman–Crippen LogP) is 3.08. The topological polar surface area (TPSA) is 45.9 Å². The van der Waals surface area contributed by atoms with Crippen molar-refractivity contribution in [3.05, 3.63) is 42.9 Å². The predicted molar refractivity (Wildman–Crippen MR) is 106 cm³/mol. The first-order valence-corrected chi connectivity index (χ1v) is 9.79. The van der Waals surface area contributed by atoms with E-state index in [1.807, 2.05) is 36.8 Å². The monoisotopic (exact) mass is 363 g/mol. The number of methoxy groups -OCH3 is 1. The summed E-state index contributed by atoms with van der Waals surface area (Å²) in [4.78, 5) is 14.4. The maximum Gasteiger partial charge on any atom is 0.180 e. The Kier molecular flexibility index (Phi) is 4.20. The molecule has 1 aliphatic carbocycles. The number of ether oxygens (including phenoxy) is 1. The molecule has 2 aromatic heterocycles. The Bertz CT molecular complexity index is 941. The van der Waals surface area contributed by atoms with Crippen molar-refractivity contribution >= 4 is 11.5 Å². The molecule has 3 aromatic rings. The minimum absolute atomic E-state index is 0.821. The standard InChI is InChI=1S/C21H25N5O/c1-27-18-7-2-4-16(14-18)19-15-23-21-20(22-8-9-26(19)21)25-12-10-24(11-13-25)17-5-3-6-17/h2,4,7-9,14-15,17H,3,5-6,10-13H2,1H3. The third-order valence-corrected chi connectivity index (χ3v) is 5.98. The van der Waals surface area contributed by atoms with Crippen molar-refractivity contribution in [1.29, 1.82) is 0 Å². The number of hydrogen-bond donors (Lipinski definition) is 0. The Morgan fingerprint density at radius 2 is 1.93 bits per heavy atom. The van der Waals surface area contributed by atoms with Gasteiger partial charge >= 0.3 is 0 Å². The first kappa shape index (κ1) is 16.6. The fourth-order valence-corrected chi connectivity index (χ4v) is 4.18. The van der Waals surface area contributed by atoms with Gasteiger partial charge in [-0.1, -0.05) is 18.6 Å². The molecular formula is C21H25N5O. The molecule has 1 aliphatic heterocycles. The number of aromatic nitrogens is 3. The van der Waals surface area contributed by atoms with Crippen LogP contribution < -0.4 is 9.64 Å². The number of anilines is 1. The lowest BCUT2D eigenvalue weighted by Crippen LogP contribution is -2.52. The molecule has 0 N–H and O–H groups in total. The van der Waals surface area contributed by atoms with Crippen LogP contribution in [-0.4, -0.2) is 58.6 Å². The van der Waals surface area contributed by atoms with Crippen molar-refractivity contribution in [2.24, 2.45) is 0 Å². The Morgan fingerprint density at radius 1 is 1.07 bits per heavy atom. The van der Waals surface area contributed by atoms with Crippen LogP contribution in [0.4, 0.5) is 5.82 Å². The SMILES string of the molecule is COc1cccc(-c2cnc3c(N4CCN(C5CCC5)CC4)nccn23)c1. The summed E-state index contributed by atoms with van der Waals surface area (Å²) in [6.07, 6.45) is 9.94. The summed E-state index contributed by atoms with van der Waals surface area (Å²) in [6.45, 7) is 4.28. The molecule has 0 atom stereocenters. The lowest BCUT2D eigenvalue weighted by atomic mass is 9.91. The van der Waals surface area contributed by atoms with Crippen LogP contribution in [0, 0.1) is 0 Å². The molecule has 1 saturated carbocycles. The highest BCUT2D eigenvalue weighted by atomic mass is 16.5. The normalized spacial score (nSPS) is 18.6. The van der Waals surface area contributed by atoms with Gasteiger partial charge in [0.15, 0.2) is 11.5 Å². The second kappa shape index (κ2) is 6.85. The summed E-state index contributed by atoms with van der Waals surface area (Å²) in [6, 6.07) is 8.92. The maximum atomic E-state index is 5.37. The van der Waals surface area contributed by atoms with Crippen LogP contribution >= 0.6 is 0 Å². The van der Waals surface area contributed by atoms with Gasteiger partial charge < -0.3 is 9.64 Å². The number of piperazine rings is 1. The van der Waals surface area contributed by atoms with Crippen LogP contribution in [0.15, 0.2) is 42.9 Å².